The number of benzene rings is 1. The number of carbonyl (C=O) groups excluding carboxylic acids is 1. The first-order chi connectivity index (χ1) is 7.31. The predicted molar refractivity (Wildman–Crippen MR) is 58.6 cm³/mol. The Kier molecular flexibility index (Phi) is 3.17. The molecule has 0 aromatic heterocycles. The van der Waals surface area contributed by atoms with E-state index >= 15 is 0 Å². The molecule has 15 heavy (non-hydrogen) atoms. The largest absolute Gasteiger partial charge is 0.392 e. The van der Waals surface area contributed by atoms with Crippen molar-refractivity contribution in [1.82, 2.24) is 0 Å². The second kappa shape index (κ2) is 4.58. The second-order valence-corrected chi connectivity index (χ2v) is 4.29. The minimum Gasteiger partial charge on any atom is -0.392 e. The lowest BCUT2D eigenvalue weighted by Gasteiger charge is -2.31. The predicted octanol–water partition coefficient (Wildman–Crippen LogP) is 2.13. The molecular formula is C13H16O2. The van der Waals surface area contributed by atoms with Crippen LogP contribution in [-0.2, 0) is 4.79 Å². The molecule has 1 aromatic rings. The van der Waals surface area contributed by atoms with Crippen molar-refractivity contribution in [2.24, 2.45) is 5.92 Å². The molecule has 1 aliphatic carbocycles. The standard InChI is InChI=1S/C13H16O2/c14-9-10-6-7-12(13(15)8-10)11-4-2-1-3-5-11/h1-5,9-10,12-13,15H,6-8H2. The van der Waals surface area contributed by atoms with E-state index in [1.54, 1.807) is 0 Å². The second-order valence-electron chi connectivity index (χ2n) is 4.29. The van der Waals surface area contributed by atoms with E-state index in [0.717, 1.165) is 19.1 Å². The molecule has 2 nitrogen and oxygen atoms in total. The molecule has 1 N–H and O–H groups in total. The summed E-state index contributed by atoms with van der Waals surface area (Å²) in [6.45, 7) is 0. The first-order valence-electron chi connectivity index (χ1n) is 5.49. The average Bonchev–Trinajstić information content (AvgIpc) is 2.30. The van der Waals surface area contributed by atoms with Crippen LogP contribution < -0.4 is 0 Å². The molecule has 3 atom stereocenters. The van der Waals surface area contributed by atoms with Crippen molar-refractivity contribution in [2.75, 3.05) is 0 Å². The number of carbonyl (C=O) groups is 1. The van der Waals surface area contributed by atoms with Gasteiger partial charge in [-0.05, 0) is 24.8 Å². The third kappa shape index (κ3) is 2.26. The Bertz CT molecular complexity index is 321. The maximum absolute atomic E-state index is 10.6. The molecule has 0 aliphatic heterocycles. The Morgan fingerprint density at radius 1 is 1.20 bits per heavy atom. The van der Waals surface area contributed by atoms with Crippen LogP contribution in [0, 0.1) is 5.92 Å². The summed E-state index contributed by atoms with van der Waals surface area (Å²) in [6, 6.07) is 10.1. The van der Waals surface area contributed by atoms with Gasteiger partial charge in [-0.1, -0.05) is 30.3 Å². The van der Waals surface area contributed by atoms with E-state index in [0.29, 0.717) is 6.42 Å². The van der Waals surface area contributed by atoms with Gasteiger partial charge >= 0.3 is 0 Å². The van der Waals surface area contributed by atoms with Crippen LogP contribution in [0.3, 0.4) is 0 Å². The third-order valence-electron chi connectivity index (χ3n) is 3.28. The lowest BCUT2D eigenvalue weighted by molar-refractivity contribution is -0.113. The van der Waals surface area contributed by atoms with Crippen LogP contribution in [0.15, 0.2) is 30.3 Å². The molecule has 0 saturated heterocycles. The zero-order chi connectivity index (χ0) is 10.7. The number of hydrogen-bond donors (Lipinski definition) is 1. The SMILES string of the molecule is O=CC1CCC(c2ccccc2)C(O)C1. The smallest absolute Gasteiger partial charge is 0.123 e. The van der Waals surface area contributed by atoms with Gasteiger partial charge in [0.05, 0.1) is 6.10 Å². The summed E-state index contributed by atoms with van der Waals surface area (Å²) in [5.74, 6) is 0.266. The van der Waals surface area contributed by atoms with Crippen molar-refractivity contribution in [3.63, 3.8) is 0 Å². The van der Waals surface area contributed by atoms with E-state index in [2.05, 4.69) is 12.1 Å². The number of hydrogen-bond acceptors (Lipinski definition) is 2. The van der Waals surface area contributed by atoms with Gasteiger partial charge in [-0.25, -0.2) is 0 Å². The highest BCUT2D eigenvalue weighted by Gasteiger charge is 2.29. The zero-order valence-corrected chi connectivity index (χ0v) is 8.67. The quantitative estimate of drug-likeness (QED) is 0.749. The number of aldehydes is 1. The van der Waals surface area contributed by atoms with E-state index in [9.17, 15) is 9.90 Å². The highest BCUT2D eigenvalue weighted by Crippen LogP contribution is 2.35. The molecule has 0 radical (unpaired) electrons. The van der Waals surface area contributed by atoms with Gasteiger partial charge in [-0.15, -0.1) is 0 Å². The summed E-state index contributed by atoms with van der Waals surface area (Å²) < 4.78 is 0. The van der Waals surface area contributed by atoms with Crippen LogP contribution in [0.1, 0.15) is 30.7 Å². The number of rotatable bonds is 2. The minimum absolute atomic E-state index is 0.0555. The van der Waals surface area contributed by atoms with Crippen LogP contribution in [-0.4, -0.2) is 17.5 Å². The molecule has 0 heterocycles. The lowest BCUT2D eigenvalue weighted by atomic mass is 9.77. The monoisotopic (exact) mass is 204 g/mol. The number of aliphatic hydroxyl groups excluding tert-OH is 1. The van der Waals surface area contributed by atoms with Gasteiger partial charge < -0.3 is 9.90 Å². The first kappa shape index (κ1) is 10.4. The molecule has 2 heteroatoms. The molecule has 80 valence electrons. The van der Waals surface area contributed by atoms with Crippen LogP contribution in [0.2, 0.25) is 0 Å². The van der Waals surface area contributed by atoms with E-state index in [-0.39, 0.29) is 17.9 Å². The van der Waals surface area contributed by atoms with E-state index < -0.39 is 0 Å². The highest BCUT2D eigenvalue weighted by atomic mass is 16.3. The normalized spacial score (nSPS) is 31.1. The maximum atomic E-state index is 10.6. The van der Waals surface area contributed by atoms with Crippen molar-refractivity contribution in [1.29, 1.82) is 0 Å². The Morgan fingerprint density at radius 2 is 1.93 bits per heavy atom. The Hall–Kier alpha value is -1.15. The Morgan fingerprint density at radius 3 is 2.53 bits per heavy atom. The fourth-order valence-electron chi connectivity index (χ4n) is 2.39. The average molecular weight is 204 g/mol. The van der Waals surface area contributed by atoms with Crippen LogP contribution >= 0.6 is 0 Å². The third-order valence-corrected chi connectivity index (χ3v) is 3.28. The van der Waals surface area contributed by atoms with Gasteiger partial charge in [0.1, 0.15) is 6.29 Å². The summed E-state index contributed by atoms with van der Waals surface area (Å²) in [4.78, 5) is 10.6. The Balaban J connectivity index is 2.09. The Labute approximate surface area is 89.9 Å². The maximum Gasteiger partial charge on any atom is 0.123 e. The zero-order valence-electron chi connectivity index (χ0n) is 8.67. The van der Waals surface area contributed by atoms with Crippen molar-refractivity contribution in [2.45, 2.75) is 31.3 Å². The summed E-state index contributed by atoms with van der Waals surface area (Å²) in [6.07, 6.45) is 3.04. The topological polar surface area (TPSA) is 37.3 Å². The van der Waals surface area contributed by atoms with Crippen LogP contribution in [0.25, 0.3) is 0 Å². The molecule has 0 bridgehead atoms. The van der Waals surface area contributed by atoms with Crippen molar-refractivity contribution >= 4 is 6.29 Å². The summed E-state index contributed by atoms with van der Waals surface area (Å²) >= 11 is 0. The van der Waals surface area contributed by atoms with Crippen LogP contribution in [0.5, 0.6) is 0 Å². The molecular weight excluding hydrogens is 188 g/mol. The molecule has 3 unspecified atom stereocenters. The van der Waals surface area contributed by atoms with Crippen molar-refractivity contribution in [3.8, 4) is 0 Å². The van der Waals surface area contributed by atoms with Gasteiger partial charge in [-0.2, -0.15) is 0 Å². The van der Waals surface area contributed by atoms with E-state index in [1.807, 2.05) is 18.2 Å². The van der Waals surface area contributed by atoms with E-state index in [4.69, 9.17) is 0 Å². The molecule has 1 aliphatic rings. The van der Waals surface area contributed by atoms with Gasteiger partial charge in [-0.3, -0.25) is 0 Å². The van der Waals surface area contributed by atoms with E-state index in [1.165, 1.54) is 5.56 Å². The van der Waals surface area contributed by atoms with Gasteiger partial charge in [0, 0.05) is 11.8 Å². The summed E-state index contributed by atoms with van der Waals surface area (Å²) in [5.41, 5.74) is 1.19. The van der Waals surface area contributed by atoms with Crippen molar-refractivity contribution in [3.05, 3.63) is 35.9 Å². The lowest BCUT2D eigenvalue weighted by Crippen LogP contribution is -2.28. The van der Waals surface area contributed by atoms with Gasteiger partial charge in [0.15, 0.2) is 0 Å². The first-order valence-corrected chi connectivity index (χ1v) is 5.49. The fourth-order valence-corrected chi connectivity index (χ4v) is 2.39. The molecule has 0 amide bonds. The van der Waals surface area contributed by atoms with Crippen molar-refractivity contribution < 1.29 is 9.90 Å². The van der Waals surface area contributed by atoms with Crippen LogP contribution in [0.4, 0.5) is 0 Å². The number of aliphatic hydroxyl groups is 1. The molecule has 1 saturated carbocycles. The fraction of sp³-hybridized carbons (Fsp3) is 0.462. The molecule has 0 spiro atoms. The van der Waals surface area contributed by atoms with Gasteiger partial charge in [0.25, 0.3) is 0 Å². The van der Waals surface area contributed by atoms with Gasteiger partial charge in [0.2, 0.25) is 0 Å². The summed E-state index contributed by atoms with van der Waals surface area (Å²) in [5, 5.41) is 9.97. The minimum atomic E-state index is -0.364. The molecule has 1 aromatic carbocycles. The highest BCUT2D eigenvalue weighted by molar-refractivity contribution is 5.53. The molecule has 1 fully saturated rings. The molecule has 2 rings (SSSR count). The summed E-state index contributed by atoms with van der Waals surface area (Å²) in [7, 11) is 0.